The molecule has 0 saturated carbocycles. The van der Waals surface area contributed by atoms with Crippen molar-refractivity contribution >= 4 is 46.7 Å². The number of likely N-dealkylation sites (tertiary alicyclic amines) is 1. The van der Waals surface area contributed by atoms with Crippen molar-refractivity contribution in [1.82, 2.24) is 10.2 Å². The van der Waals surface area contributed by atoms with Crippen molar-refractivity contribution in [1.29, 1.82) is 0 Å². The van der Waals surface area contributed by atoms with Gasteiger partial charge in [0.1, 0.15) is 11.6 Å². The molecule has 1 fully saturated rings. The number of halogens is 4. The highest BCUT2D eigenvalue weighted by Gasteiger charge is 2.38. The predicted octanol–water partition coefficient (Wildman–Crippen LogP) is 5.27. The van der Waals surface area contributed by atoms with Crippen molar-refractivity contribution in [2.45, 2.75) is 12.1 Å². The van der Waals surface area contributed by atoms with Crippen LogP contribution in [-0.4, -0.2) is 48.8 Å². The Morgan fingerprint density at radius 2 is 1.53 bits per heavy atom. The van der Waals surface area contributed by atoms with Crippen LogP contribution in [0, 0.1) is 11.6 Å². The second-order valence-electron chi connectivity index (χ2n) is 8.45. The molecule has 0 radical (unpaired) electrons. The molecule has 0 unspecified atom stereocenters. The molecule has 0 aliphatic carbocycles. The summed E-state index contributed by atoms with van der Waals surface area (Å²) < 4.78 is 30.0. The summed E-state index contributed by atoms with van der Waals surface area (Å²) in [6, 6.07) is 19.0. The summed E-state index contributed by atoms with van der Waals surface area (Å²) in [7, 11) is 0. The van der Waals surface area contributed by atoms with E-state index in [1.165, 1.54) is 24.1 Å². The molecule has 3 aromatic rings. The summed E-state index contributed by atoms with van der Waals surface area (Å²) in [4.78, 5) is 13.8. The number of carbonyl (C=O) groups excluding carboxylic acids is 1. The van der Waals surface area contributed by atoms with Crippen molar-refractivity contribution < 1.29 is 13.6 Å². The van der Waals surface area contributed by atoms with E-state index in [4.69, 9.17) is 28.9 Å². The lowest BCUT2D eigenvalue weighted by Crippen LogP contribution is -2.59. The Kier molecular flexibility index (Phi) is 9.09. The summed E-state index contributed by atoms with van der Waals surface area (Å²) >= 11 is 13.7. The summed E-state index contributed by atoms with van der Waals surface area (Å²) in [5.74, 6) is -0.993. The monoisotopic (exact) mass is 550 g/mol. The molecule has 1 aliphatic heterocycles. The molecule has 0 bridgehead atoms. The molecule has 1 amide bonds. The number of benzene rings is 3. The molecule has 36 heavy (non-hydrogen) atoms. The van der Waals surface area contributed by atoms with Gasteiger partial charge in [0.05, 0.1) is 24.3 Å². The van der Waals surface area contributed by atoms with Crippen LogP contribution in [0.3, 0.4) is 0 Å². The van der Waals surface area contributed by atoms with Gasteiger partial charge in [-0.2, -0.15) is 0 Å². The van der Waals surface area contributed by atoms with Gasteiger partial charge in [-0.15, -0.1) is 0 Å². The van der Waals surface area contributed by atoms with Crippen molar-refractivity contribution in [2.24, 2.45) is 5.73 Å². The van der Waals surface area contributed by atoms with E-state index in [1.807, 2.05) is 52.8 Å². The number of hydrogen-bond acceptors (Lipinski definition) is 5. The molecule has 190 valence electrons. The molecular weight excluding hydrogens is 525 g/mol. The van der Waals surface area contributed by atoms with Gasteiger partial charge in [-0.1, -0.05) is 47.5 Å². The third kappa shape index (κ3) is 6.69. The van der Waals surface area contributed by atoms with E-state index >= 15 is 0 Å². The number of hydrogen-bond donors (Lipinski definition) is 2. The number of carbonyl (C=O) groups is 1. The summed E-state index contributed by atoms with van der Waals surface area (Å²) in [5, 5.41) is 4.04. The number of amides is 1. The maximum atomic E-state index is 14.0. The van der Waals surface area contributed by atoms with Gasteiger partial charge in [-0.05, 0) is 59.5 Å². The van der Waals surface area contributed by atoms with Gasteiger partial charge in [0.2, 0.25) is 5.91 Å². The molecule has 3 N–H and O–H groups in total. The number of rotatable bonds is 10. The zero-order valence-electron chi connectivity index (χ0n) is 19.3. The number of nitrogens with one attached hydrogen (secondary N) is 1. The van der Waals surface area contributed by atoms with Crippen LogP contribution in [0.5, 0.6) is 0 Å². The topological polar surface area (TPSA) is 61.6 Å². The zero-order chi connectivity index (χ0) is 25.7. The Bertz CT molecular complexity index is 1110. The Labute approximate surface area is 223 Å². The highest BCUT2D eigenvalue weighted by molar-refractivity contribution is 8.00. The highest BCUT2D eigenvalue weighted by Crippen LogP contribution is 2.38. The minimum absolute atomic E-state index is 0.00325. The molecule has 0 spiro atoms. The Morgan fingerprint density at radius 1 is 1.00 bits per heavy atom. The average molecular weight is 551 g/mol. The average Bonchev–Trinajstić information content (AvgIpc) is 2.82. The van der Waals surface area contributed by atoms with Crippen LogP contribution >= 0.6 is 35.1 Å². The molecule has 1 aliphatic rings. The normalized spacial score (nSPS) is 14.1. The van der Waals surface area contributed by atoms with Crippen molar-refractivity contribution in [2.75, 3.05) is 36.2 Å². The Hall–Kier alpha value is -2.36. The Morgan fingerprint density at radius 3 is 2.03 bits per heavy atom. The van der Waals surface area contributed by atoms with Gasteiger partial charge in [-0.3, -0.25) is 9.69 Å². The molecule has 1 saturated heterocycles. The summed E-state index contributed by atoms with van der Waals surface area (Å²) in [5.41, 5.74) is 7.95. The van der Waals surface area contributed by atoms with Crippen molar-refractivity contribution in [3.05, 3.63) is 99.5 Å². The number of nitrogens with zero attached hydrogens (tertiary/aromatic N) is 2. The molecule has 0 aromatic heterocycles. The number of nitrogens with two attached hydrogens (primary N) is 1. The highest BCUT2D eigenvalue weighted by atomic mass is 35.5. The molecule has 0 atom stereocenters. The minimum atomic E-state index is -0.636. The van der Waals surface area contributed by atoms with Crippen LogP contribution in [0.4, 0.5) is 14.5 Å². The van der Waals surface area contributed by atoms with E-state index in [9.17, 15) is 13.6 Å². The lowest BCUT2D eigenvalue weighted by Gasteiger charge is -2.49. The fourth-order valence-corrected chi connectivity index (χ4v) is 5.46. The largest absolute Gasteiger partial charge is 0.354 e. The molecular formula is C26H26Cl2F2N4OS. The van der Waals surface area contributed by atoms with Crippen molar-refractivity contribution in [3.63, 3.8) is 0 Å². The lowest BCUT2D eigenvalue weighted by molar-refractivity contribution is -0.119. The van der Waals surface area contributed by atoms with Crippen LogP contribution in [0.1, 0.15) is 17.2 Å². The fourth-order valence-electron chi connectivity index (χ4n) is 4.22. The van der Waals surface area contributed by atoms with Crippen LogP contribution < -0.4 is 15.4 Å². The van der Waals surface area contributed by atoms with Gasteiger partial charge in [0.15, 0.2) is 0 Å². The first-order valence-electron chi connectivity index (χ1n) is 11.4. The first-order valence-corrected chi connectivity index (χ1v) is 13.1. The van der Waals surface area contributed by atoms with Crippen molar-refractivity contribution in [3.8, 4) is 0 Å². The van der Waals surface area contributed by atoms with E-state index in [0.717, 1.165) is 17.2 Å². The molecule has 5 nitrogen and oxygen atoms in total. The van der Waals surface area contributed by atoms with E-state index < -0.39 is 11.6 Å². The van der Waals surface area contributed by atoms with Crippen LogP contribution in [0.25, 0.3) is 0 Å². The van der Waals surface area contributed by atoms with Crippen LogP contribution in [-0.2, 0) is 4.79 Å². The predicted molar refractivity (Wildman–Crippen MR) is 143 cm³/mol. The maximum Gasteiger partial charge on any atom is 0.233 e. The smallest absolute Gasteiger partial charge is 0.233 e. The van der Waals surface area contributed by atoms with E-state index in [1.54, 1.807) is 0 Å². The molecule has 4 rings (SSSR count). The SMILES string of the molecule is NCC(=O)NCCSN(c1cc(F)cc(F)c1)C1CN(C(c2ccc(Cl)cc2)c2ccc(Cl)cc2)C1. The fraction of sp³-hybridized carbons (Fsp3) is 0.269. The summed E-state index contributed by atoms with van der Waals surface area (Å²) in [6.45, 7) is 1.63. The lowest BCUT2D eigenvalue weighted by atomic mass is 9.93. The van der Waals surface area contributed by atoms with E-state index in [2.05, 4.69) is 10.2 Å². The second kappa shape index (κ2) is 12.3. The van der Waals surface area contributed by atoms with Gasteiger partial charge < -0.3 is 15.4 Å². The number of anilines is 1. The molecule has 1 heterocycles. The molecule has 3 aromatic carbocycles. The van der Waals surface area contributed by atoms with Crippen LogP contribution in [0.15, 0.2) is 66.7 Å². The maximum absolute atomic E-state index is 14.0. The molecule has 10 heteroatoms. The Balaban J connectivity index is 1.53. The van der Waals surface area contributed by atoms with E-state index in [-0.39, 0.29) is 24.5 Å². The zero-order valence-corrected chi connectivity index (χ0v) is 21.7. The third-order valence-electron chi connectivity index (χ3n) is 5.90. The van der Waals surface area contributed by atoms with Gasteiger partial charge in [0, 0.05) is 41.5 Å². The van der Waals surface area contributed by atoms with Gasteiger partial charge >= 0.3 is 0 Å². The first-order chi connectivity index (χ1) is 17.3. The third-order valence-corrected chi connectivity index (χ3v) is 7.58. The van der Waals surface area contributed by atoms with E-state index in [0.29, 0.717) is 41.1 Å². The van der Waals surface area contributed by atoms with Gasteiger partial charge in [0.25, 0.3) is 0 Å². The first kappa shape index (κ1) is 26.7. The summed E-state index contributed by atoms with van der Waals surface area (Å²) in [6.07, 6.45) is 0. The quantitative estimate of drug-likeness (QED) is 0.266. The standard InChI is InChI=1S/C26H26Cl2F2N4OS/c27-19-5-1-17(2-6-19)26(18-3-7-20(28)8-4-18)33-15-24(16-33)34(36-10-9-32-25(35)14-31)23-12-21(29)11-22(30)13-23/h1-8,11-13,24,26H,9-10,14-16,31H2,(H,32,35). The van der Waals surface area contributed by atoms with Crippen LogP contribution in [0.2, 0.25) is 10.0 Å². The second-order valence-corrected chi connectivity index (χ2v) is 10.4. The minimum Gasteiger partial charge on any atom is -0.354 e. The van der Waals surface area contributed by atoms with Gasteiger partial charge in [-0.25, -0.2) is 8.78 Å².